The molecule has 1 aliphatic heterocycles. The van der Waals surface area contributed by atoms with E-state index in [1.807, 2.05) is 31.2 Å². The second kappa shape index (κ2) is 8.56. The van der Waals surface area contributed by atoms with Gasteiger partial charge in [-0.2, -0.15) is 0 Å². The summed E-state index contributed by atoms with van der Waals surface area (Å²) in [6, 6.07) is 7.95. The fourth-order valence-electron chi connectivity index (χ4n) is 2.87. The molecule has 0 radical (unpaired) electrons. The normalized spacial score (nSPS) is 17.8. The van der Waals surface area contributed by atoms with Gasteiger partial charge in [0, 0.05) is 19.5 Å². The number of nitrogens with two attached hydrogens (primary N) is 1. The number of unbranched alkanes of at least 4 members (excludes halogenated alkanes) is 1. The van der Waals surface area contributed by atoms with Gasteiger partial charge in [0.15, 0.2) is 0 Å². The fourth-order valence-corrected chi connectivity index (χ4v) is 2.87. The molecule has 5 nitrogen and oxygen atoms in total. The number of likely N-dealkylation sites (tertiary alicyclic amines) is 1. The van der Waals surface area contributed by atoms with Crippen molar-refractivity contribution in [3.05, 3.63) is 29.8 Å². The average molecular weight is 318 g/mol. The summed E-state index contributed by atoms with van der Waals surface area (Å²) in [6.07, 6.45) is 3.79. The van der Waals surface area contributed by atoms with Crippen molar-refractivity contribution in [2.75, 3.05) is 19.7 Å². The second-order valence-electron chi connectivity index (χ2n) is 6.20. The molecule has 2 N–H and O–H groups in total. The van der Waals surface area contributed by atoms with E-state index in [2.05, 4.69) is 0 Å². The average Bonchev–Trinajstić information content (AvgIpc) is 2.54. The zero-order valence-corrected chi connectivity index (χ0v) is 13.8. The van der Waals surface area contributed by atoms with Crippen molar-refractivity contribution >= 4 is 11.8 Å². The Labute approximate surface area is 137 Å². The molecule has 0 aliphatic carbocycles. The quantitative estimate of drug-likeness (QED) is 0.784. The topological polar surface area (TPSA) is 72.6 Å². The smallest absolute Gasteiger partial charge is 0.222 e. The van der Waals surface area contributed by atoms with E-state index in [0.717, 1.165) is 38.0 Å². The van der Waals surface area contributed by atoms with Crippen LogP contribution in [0.3, 0.4) is 0 Å². The number of rotatable bonds is 7. The Balaban J connectivity index is 1.64. The largest absolute Gasteiger partial charge is 0.494 e. The third-order valence-electron chi connectivity index (χ3n) is 4.22. The molecule has 0 bridgehead atoms. The van der Waals surface area contributed by atoms with E-state index in [9.17, 15) is 9.59 Å². The molecule has 2 rings (SSSR count). The molecule has 5 heteroatoms. The van der Waals surface area contributed by atoms with Gasteiger partial charge in [0.25, 0.3) is 0 Å². The summed E-state index contributed by atoms with van der Waals surface area (Å²) in [5, 5.41) is 0. The monoisotopic (exact) mass is 318 g/mol. The van der Waals surface area contributed by atoms with Gasteiger partial charge in [-0.3, -0.25) is 9.59 Å². The maximum atomic E-state index is 12.2. The van der Waals surface area contributed by atoms with Crippen molar-refractivity contribution in [3.8, 4) is 5.75 Å². The van der Waals surface area contributed by atoms with Gasteiger partial charge in [-0.1, -0.05) is 12.1 Å². The Morgan fingerprint density at radius 3 is 2.91 bits per heavy atom. The molecule has 1 heterocycles. The van der Waals surface area contributed by atoms with E-state index < -0.39 is 0 Å². The van der Waals surface area contributed by atoms with E-state index in [1.54, 1.807) is 4.90 Å². The third-order valence-corrected chi connectivity index (χ3v) is 4.22. The van der Waals surface area contributed by atoms with Crippen LogP contribution in [0.25, 0.3) is 0 Å². The lowest BCUT2D eigenvalue weighted by Crippen LogP contribution is -2.44. The predicted molar refractivity (Wildman–Crippen MR) is 89.0 cm³/mol. The number of ether oxygens (including phenoxy) is 1. The number of carbonyl (C=O) groups is 2. The summed E-state index contributed by atoms with van der Waals surface area (Å²) < 4.78 is 5.68. The standard InChI is InChI=1S/C18H26N2O3/c1-14-6-4-8-16(12-14)23-11-3-2-9-17(21)20-10-5-7-15(13-20)18(19)22/h4,6,8,12,15H,2-3,5,7,9-11,13H2,1H3,(H2,19,22)/t15-/m1/s1. The number of benzene rings is 1. The summed E-state index contributed by atoms with van der Waals surface area (Å²) in [5.74, 6) is 0.509. The van der Waals surface area contributed by atoms with Crippen LogP contribution in [0, 0.1) is 12.8 Å². The zero-order chi connectivity index (χ0) is 16.7. The molecule has 1 aliphatic rings. The lowest BCUT2D eigenvalue weighted by Gasteiger charge is -2.31. The maximum absolute atomic E-state index is 12.2. The van der Waals surface area contributed by atoms with Gasteiger partial charge in [-0.15, -0.1) is 0 Å². The van der Waals surface area contributed by atoms with E-state index in [0.29, 0.717) is 19.6 Å². The Hall–Kier alpha value is -2.04. The molecule has 1 atom stereocenters. The highest BCUT2D eigenvalue weighted by atomic mass is 16.5. The number of amides is 2. The number of carbonyl (C=O) groups excluding carboxylic acids is 2. The van der Waals surface area contributed by atoms with E-state index >= 15 is 0 Å². The van der Waals surface area contributed by atoms with Crippen molar-refractivity contribution < 1.29 is 14.3 Å². The van der Waals surface area contributed by atoms with E-state index in [1.165, 1.54) is 5.56 Å². The Kier molecular flexibility index (Phi) is 6.44. The Morgan fingerprint density at radius 2 is 2.17 bits per heavy atom. The van der Waals surface area contributed by atoms with Gasteiger partial charge in [0.05, 0.1) is 12.5 Å². The number of primary amides is 1. The molecule has 0 spiro atoms. The number of hydrogen-bond donors (Lipinski definition) is 1. The van der Waals surface area contributed by atoms with E-state index in [-0.39, 0.29) is 17.7 Å². The fraction of sp³-hybridized carbons (Fsp3) is 0.556. The second-order valence-corrected chi connectivity index (χ2v) is 6.20. The van der Waals surface area contributed by atoms with Crippen LogP contribution in [0.15, 0.2) is 24.3 Å². The van der Waals surface area contributed by atoms with Crippen LogP contribution in [0.5, 0.6) is 5.75 Å². The summed E-state index contributed by atoms with van der Waals surface area (Å²) in [7, 11) is 0. The molecule has 2 amide bonds. The zero-order valence-electron chi connectivity index (χ0n) is 13.8. The van der Waals surface area contributed by atoms with Gasteiger partial charge in [-0.05, 0) is 50.3 Å². The summed E-state index contributed by atoms with van der Waals surface area (Å²) in [5.41, 5.74) is 6.51. The highest BCUT2D eigenvalue weighted by molar-refractivity contribution is 5.80. The van der Waals surface area contributed by atoms with Crippen LogP contribution in [-0.4, -0.2) is 36.4 Å². The van der Waals surface area contributed by atoms with Crippen LogP contribution in [-0.2, 0) is 9.59 Å². The van der Waals surface area contributed by atoms with Crippen LogP contribution in [0.2, 0.25) is 0 Å². The Bertz CT molecular complexity index is 545. The Morgan fingerprint density at radius 1 is 1.35 bits per heavy atom. The van der Waals surface area contributed by atoms with Crippen molar-refractivity contribution in [3.63, 3.8) is 0 Å². The molecular formula is C18H26N2O3. The SMILES string of the molecule is Cc1cccc(OCCCCC(=O)N2CCC[C@@H](C(N)=O)C2)c1. The number of hydrogen-bond acceptors (Lipinski definition) is 3. The lowest BCUT2D eigenvalue weighted by molar-refractivity contribution is -0.135. The maximum Gasteiger partial charge on any atom is 0.222 e. The summed E-state index contributed by atoms with van der Waals surface area (Å²) in [4.78, 5) is 25.2. The molecule has 1 aromatic carbocycles. The predicted octanol–water partition coefficient (Wildman–Crippen LogP) is 2.27. The lowest BCUT2D eigenvalue weighted by atomic mass is 9.97. The number of piperidine rings is 1. The minimum Gasteiger partial charge on any atom is -0.494 e. The molecule has 1 aromatic rings. The summed E-state index contributed by atoms with van der Waals surface area (Å²) in [6.45, 7) is 3.86. The number of aryl methyl sites for hydroxylation is 1. The van der Waals surface area contributed by atoms with Crippen molar-refractivity contribution in [2.24, 2.45) is 11.7 Å². The highest BCUT2D eigenvalue weighted by Crippen LogP contribution is 2.17. The molecule has 126 valence electrons. The van der Waals surface area contributed by atoms with Crippen LogP contribution >= 0.6 is 0 Å². The summed E-state index contributed by atoms with van der Waals surface area (Å²) >= 11 is 0. The van der Waals surface area contributed by atoms with Crippen LogP contribution in [0.4, 0.5) is 0 Å². The molecule has 0 unspecified atom stereocenters. The molecule has 23 heavy (non-hydrogen) atoms. The number of nitrogens with zero attached hydrogens (tertiary/aromatic N) is 1. The first-order valence-electron chi connectivity index (χ1n) is 8.33. The van der Waals surface area contributed by atoms with Gasteiger partial charge in [0.1, 0.15) is 5.75 Å². The van der Waals surface area contributed by atoms with Gasteiger partial charge < -0.3 is 15.4 Å². The molecule has 1 saturated heterocycles. The van der Waals surface area contributed by atoms with Crippen molar-refractivity contribution in [1.82, 2.24) is 4.90 Å². The van der Waals surface area contributed by atoms with E-state index in [4.69, 9.17) is 10.5 Å². The van der Waals surface area contributed by atoms with Gasteiger partial charge in [0.2, 0.25) is 11.8 Å². The third kappa shape index (κ3) is 5.58. The van der Waals surface area contributed by atoms with Crippen molar-refractivity contribution in [2.45, 2.75) is 39.0 Å². The minimum atomic E-state index is -0.297. The van der Waals surface area contributed by atoms with Crippen LogP contribution in [0.1, 0.15) is 37.7 Å². The van der Waals surface area contributed by atoms with Gasteiger partial charge in [-0.25, -0.2) is 0 Å². The first kappa shape index (κ1) is 17.3. The molecular weight excluding hydrogens is 292 g/mol. The van der Waals surface area contributed by atoms with Gasteiger partial charge >= 0.3 is 0 Å². The minimum absolute atomic E-state index is 0.117. The van der Waals surface area contributed by atoms with Crippen molar-refractivity contribution in [1.29, 1.82) is 0 Å². The highest BCUT2D eigenvalue weighted by Gasteiger charge is 2.26. The first-order valence-corrected chi connectivity index (χ1v) is 8.33. The van der Waals surface area contributed by atoms with Crippen LogP contribution < -0.4 is 10.5 Å². The molecule has 0 saturated carbocycles. The molecule has 0 aromatic heterocycles. The first-order chi connectivity index (χ1) is 11.1. The molecule has 1 fully saturated rings.